The number of esters is 2. The van der Waals surface area contributed by atoms with E-state index in [0.29, 0.717) is 23.9 Å². The van der Waals surface area contributed by atoms with Gasteiger partial charge in [-0.2, -0.15) is 0 Å². The molecule has 0 aromatic rings. The van der Waals surface area contributed by atoms with Gasteiger partial charge in [-0.05, 0) is 83.5 Å². The lowest BCUT2D eigenvalue weighted by Gasteiger charge is -2.24. The van der Waals surface area contributed by atoms with Crippen molar-refractivity contribution < 1.29 is 52.3 Å². The van der Waals surface area contributed by atoms with Crippen LogP contribution >= 0.6 is 7.82 Å². The van der Waals surface area contributed by atoms with E-state index in [1.807, 2.05) is 33.3 Å². The fourth-order valence-corrected chi connectivity index (χ4v) is 6.11. The van der Waals surface area contributed by atoms with Crippen LogP contribution in [-0.2, 0) is 32.7 Å². The smallest absolute Gasteiger partial charge is 0.462 e. The molecule has 0 aliphatic heterocycles. The molecule has 0 aliphatic rings. The van der Waals surface area contributed by atoms with Gasteiger partial charge in [0.1, 0.15) is 19.8 Å². The van der Waals surface area contributed by atoms with E-state index in [9.17, 15) is 29.3 Å². The van der Waals surface area contributed by atoms with Gasteiger partial charge in [0.05, 0.1) is 40.0 Å². The molecule has 11 nitrogen and oxygen atoms in total. The van der Waals surface area contributed by atoms with Gasteiger partial charge >= 0.3 is 19.8 Å². The van der Waals surface area contributed by atoms with Crippen LogP contribution in [0.2, 0.25) is 0 Å². The molecule has 12 heteroatoms. The van der Waals surface area contributed by atoms with Gasteiger partial charge in [0, 0.05) is 12.8 Å². The molecule has 0 fully saturated rings. The van der Waals surface area contributed by atoms with Crippen LogP contribution in [0.15, 0.2) is 72.9 Å². The Morgan fingerprint density at radius 1 is 0.621 bits per heavy atom. The van der Waals surface area contributed by atoms with Gasteiger partial charge < -0.3 is 29.1 Å². The fourth-order valence-electron chi connectivity index (χ4n) is 5.36. The summed E-state index contributed by atoms with van der Waals surface area (Å²) in [7, 11) is 1.30. The number of quaternary nitrogens is 1. The molecule has 0 heterocycles. The van der Waals surface area contributed by atoms with Gasteiger partial charge in [-0.1, -0.05) is 119 Å². The van der Waals surface area contributed by atoms with E-state index < -0.39 is 44.7 Å². The quantitative estimate of drug-likeness (QED) is 0.0180. The second-order valence-corrected chi connectivity index (χ2v) is 17.1. The summed E-state index contributed by atoms with van der Waals surface area (Å²) in [6.45, 7) is 3.90. The minimum atomic E-state index is -4.45. The number of unbranched alkanes of at least 4 members (excludes halogenated alkanes) is 8. The summed E-state index contributed by atoms with van der Waals surface area (Å²) < 4.78 is 34.0. The highest BCUT2D eigenvalue weighted by Gasteiger charge is 2.27. The Morgan fingerprint density at radius 2 is 1.16 bits per heavy atom. The molecule has 0 spiro atoms. The van der Waals surface area contributed by atoms with Gasteiger partial charge in [-0.3, -0.25) is 18.6 Å². The maximum atomic E-state index is 12.7. The summed E-state index contributed by atoms with van der Waals surface area (Å²) in [5, 5.41) is 20.7. The van der Waals surface area contributed by atoms with Crippen molar-refractivity contribution in [3.8, 4) is 0 Å². The normalized spacial score (nSPS) is 15.4. The van der Waals surface area contributed by atoms with Crippen LogP contribution in [0, 0.1) is 0 Å². The minimum Gasteiger partial charge on any atom is -0.462 e. The maximum absolute atomic E-state index is 12.7. The topological polar surface area (TPSA) is 149 Å². The lowest BCUT2D eigenvalue weighted by Crippen LogP contribution is -2.37. The first-order valence-electron chi connectivity index (χ1n) is 21.8. The van der Waals surface area contributed by atoms with Crippen molar-refractivity contribution in [2.24, 2.45) is 0 Å². The van der Waals surface area contributed by atoms with Crippen molar-refractivity contribution >= 4 is 19.8 Å². The number of hydrogen-bond acceptors (Lipinski definition) is 9. The molecule has 58 heavy (non-hydrogen) atoms. The highest BCUT2D eigenvalue weighted by atomic mass is 31.2. The molecule has 0 rings (SSSR count). The Hall–Kier alpha value is -2.63. The zero-order chi connectivity index (χ0) is 43.2. The van der Waals surface area contributed by atoms with Crippen LogP contribution in [0.25, 0.3) is 0 Å². The average molecular weight is 839 g/mol. The highest BCUT2D eigenvalue weighted by molar-refractivity contribution is 7.47. The van der Waals surface area contributed by atoms with E-state index >= 15 is 0 Å². The number of allylic oxidation sites excluding steroid dienone is 11. The summed E-state index contributed by atoms with van der Waals surface area (Å²) >= 11 is 0. The van der Waals surface area contributed by atoms with Crippen molar-refractivity contribution in [2.75, 3.05) is 47.5 Å². The maximum Gasteiger partial charge on any atom is 0.472 e. The molecule has 0 bridgehead atoms. The summed E-state index contributed by atoms with van der Waals surface area (Å²) in [6.07, 6.45) is 38.4. The third-order valence-corrected chi connectivity index (χ3v) is 9.91. The van der Waals surface area contributed by atoms with Gasteiger partial charge in [0.2, 0.25) is 0 Å². The van der Waals surface area contributed by atoms with E-state index in [-0.39, 0.29) is 38.9 Å². The van der Waals surface area contributed by atoms with E-state index in [2.05, 4.69) is 74.6 Å². The number of likely N-dealkylation sites (N-methyl/N-ethyl adjacent to an activating group) is 1. The van der Waals surface area contributed by atoms with Crippen molar-refractivity contribution in [1.29, 1.82) is 0 Å². The Morgan fingerprint density at radius 3 is 1.76 bits per heavy atom. The average Bonchev–Trinajstić information content (AvgIpc) is 3.17. The molecule has 0 radical (unpaired) electrons. The molecule has 0 amide bonds. The van der Waals surface area contributed by atoms with E-state index in [1.54, 1.807) is 0 Å². The Bertz CT molecular complexity index is 1250. The number of nitrogens with zero attached hydrogens (tertiary/aromatic N) is 1. The first kappa shape index (κ1) is 55.4. The third kappa shape index (κ3) is 38.9. The standard InChI is InChI=1S/C46H80NO10P/c1-6-8-10-12-14-16-18-20-21-22-24-26-28-30-32-36-46(51)57-42(41-56-58(52,53)55-39-38-47(3,4)5)40-54-45(50)37-33-35-44(49)43(48)34-31-29-27-25-23-19-17-15-13-11-9-7-2/h9,11,14-17,20-21,23,25,29,31,42-44,48-49H,6-8,10,12-13,18-19,22,24,26-28,30,32-41H2,1-5H3/p+1/b11-9-,16-14-,17-15-,21-20-,25-23-,31-29-/t42-,43+,44+/m1/s1. The number of carbonyl (C=O) groups is 2. The van der Waals surface area contributed by atoms with E-state index in [4.69, 9.17) is 18.5 Å². The first-order chi connectivity index (χ1) is 27.8. The zero-order valence-electron chi connectivity index (χ0n) is 36.7. The number of ether oxygens (including phenoxy) is 2. The lowest BCUT2D eigenvalue weighted by molar-refractivity contribution is -0.870. The number of hydrogen-bond donors (Lipinski definition) is 3. The largest absolute Gasteiger partial charge is 0.472 e. The summed E-state index contributed by atoms with van der Waals surface area (Å²) in [5.74, 6) is -1.11. The second kappa shape index (κ2) is 37.4. The van der Waals surface area contributed by atoms with Crippen molar-refractivity contribution in [3.63, 3.8) is 0 Å². The van der Waals surface area contributed by atoms with Crippen molar-refractivity contribution in [2.45, 2.75) is 161 Å². The van der Waals surface area contributed by atoms with E-state index in [0.717, 1.165) is 70.6 Å². The molecule has 0 aliphatic carbocycles. The van der Waals surface area contributed by atoms with Crippen LogP contribution in [0.1, 0.15) is 142 Å². The van der Waals surface area contributed by atoms with Crippen molar-refractivity contribution in [1.82, 2.24) is 0 Å². The first-order valence-corrected chi connectivity index (χ1v) is 23.3. The van der Waals surface area contributed by atoms with Gasteiger partial charge in [0.15, 0.2) is 6.10 Å². The monoisotopic (exact) mass is 839 g/mol. The minimum absolute atomic E-state index is 0.0203. The Labute approximate surface area is 352 Å². The molecule has 0 saturated carbocycles. The van der Waals surface area contributed by atoms with Crippen LogP contribution in [-0.4, -0.2) is 97.3 Å². The predicted molar refractivity (Wildman–Crippen MR) is 236 cm³/mol. The zero-order valence-corrected chi connectivity index (χ0v) is 37.6. The summed E-state index contributed by atoms with van der Waals surface area (Å²) in [4.78, 5) is 35.4. The molecule has 0 aromatic heterocycles. The van der Waals surface area contributed by atoms with Crippen LogP contribution < -0.4 is 0 Å². The molecule has 1 unspecified atom stereocenters. The molecular formula is C46H81NO10P+. The fraction of sp³-hybridized carbons (Fsp3) is 0.696. The molecular weight excluding hydrogens is 757 g/mol. The second-order valence-electron chi connectivity index (χ2n) is 15.7. The van der Waals surface area contributed by atoms with E-state index in [1.165, 1.54) is 19.3 Å². The predicted octanol–water partition coefficient (Wildman–Crippen LogP) is 10.2. The van der Waals surface area contributed by atoms with Gasteiger partial charge in [0.25, 0.3) is 0 Å². The Balaban J connectivity index is 4.65. The van der Waals surface area contributed by atoms with Crippen LogP contribution in [0.5, 0.6) is 0 Å². The molecule has 0 aromatic carbocycles. The summed E-state index contributed by atoms with van der Waals surface area (Å²) in [6, 6.07) is 0. The van der Waals surface area contributed by atoms with Crippen LogP contribution in [0.3, 0.4) is 0 Å². The number of carbonyl (C=O) groups excluding carboxylic acids is 2. The lowest BCUT2D eigenvalue weighted by atomic mass is 10.0. The number of aliphatic hydroxyl groups is 2. The van der Waals surface area contributed by atoms with Crippen LogP contribution in [0.4, 0.5) is 0 Å². The Kier molecular flexibility index (Phi) is 35.7. The molecule has 4 atom stereocenters. The number of phosphoric acid groups is 1. The molecule has 334 valence electrons. The SMILES string of the molecule is CC/C=C\C/C=C\C/C=C\C/C=C\C[C@H](O)[C@@H](O)CCCC(=O)OC[C@H](COP(=O)(O)OCC[N+](C)(C)C)OC(=O)CCCCCCC/C=C\C/C=C\CCCCC. The number of rotatable bonds is 38. The molecule has 0 saturated heterocycles. The molecule has 3 N–H and O–H groups in total. The van der Waals surface area contributed by atoms with Gasteiger partial charge in [-0.25, -0.2) is 4.57 Å². The third-order valence-electron chi connectivity index (χ3n) is 8.92. The summed E-state index contributed by atoms with van der Waals surface area (Å²) in [5.41, 5.74) is 0. The van der Waals surface area contributed by atoms with Crippen molar-refractivity contribution in [3.05, 3.63) is 72.9 Å². The highest BCUT2D eigenvalue weighted by Crippen LogP contribution is 2.43. The number of aliphatic hydroxyl groups excluding tert-OH is 2. The number of phosphoric ester groups is 1. The van der Waals surface area contributed by atoms with Gasteiger partial charge in [-0.15, -0.1) is 0 Å².